The van der Waals surface area contributed by atoms with Crippen LogP contribution in [-0.2, 0) is 0 Å². The van der Waals surface area contributed by atoms with Crippen LogP contribution in [0.1, 0.15) is 12.5 Å². The van der Waals surface area contributed by atoms with E-state index in [1.807, 2.05) is 6.07 Å². The van der Waals surface area contributed by atoms with E-state index in [0.29, 0.717) is 18.4 Å². The molecule has 0 saturated heterocycles. The Morgan fingerprint density at radius 1 is 1.04 bits per heavy atom. The van der Waals surface area contributed by atoms with E-state index in [1.54, 1.807) is 6.20 Å². The van der Waals surface area contributed by atoms with Gasteiger partial charge in [0.2, 0.25) is 12.4 Å². The minimum Gasteiger partial charge on any atom is -0.435 e. The minimum atomic E-state index is 0.378. The zero-order valence-corrected chi connectivity index (χ0v) is 14.7. The molecule has 122 valence electrons. The molecule has 3 heterocycles. The van der Waals surface area contributed by atoms with Gasteiger partial charge in [-0.3, -0.25) is 0 Å². The molecule has 0 spiro atoms. The van der Waals surface area contributed by atoms with Crippen LogP contribution < -0.4 is 10.4 Å². The van der Waals surface area contributed by atoms with Crippen LogP contribution in [0.15, 0.2) is 59.1 Å². The number of nitrogens with zero attached hydrogens (tertiary/aromatic N) is 2. The molecule has 4 heteroatoms. The molecule has 2 aromatic carbocycles. The number of benzene rings is 2. The molecule has 0 saturated carbocycles. The normalized spacial score (nSPS) is 16.8. The Balaban J connectivity index is 1.85. The first-order valence-electron chi connectivity index (χ1n) is 8.82. The molecule has 1 atom stereocenters. The van der Waals surface area contributed by atoms with Crippen molar-refractivity contribution in [3.63, 3.8) is 0 Å². The second kappa shape index (κ2) is 5.12. The summed E-state index contributed by atoms with van der Waals surface area (Å²) in [6.45, 7) is 7.24. The molecule has 4 aromatic rings. The molecule has 2 aromatic heterocycles. The van der Waals surface area contributed by atoms with Crippen molar-refractivity contribution in [2.75, 3.05) is 4.90 Å². The predicted octanol–water partition coefficient (Wildman–Crippen LogP) is 4.70. The van der Waals surface area contributed by atoms with E-state index >= 15 is 0 Å². The van der Waals surface area contributed by atoms with Crippen molar-refractivity contribution in [3.05, 3.63) is 60.3 Å². The van der Waals surface area contributed by atoms with Gasteiger partial charge in [-0.2, -0.15) is 0 Å². The topological polar surface area (TPSA) is 29.3 Å². The van der Waals surface area contributed by atoms with Gasteiger partial charge in [0, 0.05) is 28.6 Å². The monoisotopic (exact) mass is 326 g/mol. The second-order valence-electron chi connectivity index (χ2n) is 7.02. The maximum absolute atomic E-state index is 6.22. The number of aryl methyl sites for hydroxylation is 1. The Kier molecular flexibility index (Phi) is 2.99. The number of furan rings is 1. The zero-order chi connectivity index (χ0) is 17.1. The molecule has 1 aliphatic heterocycles. The molecule has 3 nitrogen and oxygen atoms in total. The van der Waals surface area contributed by atoms with Crippen molar-refractivity contribution in [1.82, 2.24) is 4.98 Å². The van der Waals surface area contributed by atoms with Crippen molar-refractivity contribution < 1.29 is 4.42 Å². The van der Waals surface area contributed by atoms with Gasteiger partial charge in [0.15, 0.2) is 5.58 Å². The highest BCUT2D eigenvalue weighted by Crippen LogP contribution is 2.42. The summed E-state index contributed by atoms with van der Waals surface area (Å²) in [5, 5.41) is 2.21. The first-order valence-corrected chi connectivity index (χ1v) is 8.82. The van der Waals surface area contributed by atoms with Gasteiger partial charge in [-0.1, -0.05) is 49.5 Å². The van der Waals surface area contributed by atoms with Gasteiger partial charge in [0.05, 0.1) is 5.69 Å². The number of aromatic nitrogens is 1. The van der Waals surface area contributed by atoms with Crippen molar-refractivity contribution in [2.45, 2.75) is 26.6 Å². The van der Waals surface area contributed by atoms with Crippen LogP contribution in [0.3, 0.4) is 0 Å². The van der Waals surface area contributed by atoms with Gasteiger partial charge in [0.25, 0.3) is 0 Å². The van der Waals surface area contributed by atoms with Crippen molar-refractivity contribution in [3.8, 4) is 0 Å². The minimum absolute atomic E-state index is 0.378. The molecule has 0 fully saturated rings. The van der Waals surface area contributed by atoms with Crippen molar-refractivity contribution in [1.29, 1.82) is 0 Å². The smallest absolute Gasteiger partial charge is 0.227 e. The zero-order valence-electron chi connectivity index (χ0n) is 14.7. The average molecular weight is 326 g/mol. The Labute approximate surface area is 147 Å². The maximum atomic E-state index is 6.22. The summed E-state index contributed by atoms with van der Waals surface area (Å²) in [7, 11) is 0. The van der Waals surface area contributed by atoms with Crippen LogP contribution in [0, 0.1) is 6.92 Å². The molecule has 0 aliphatic carbocycles. The van der Waals surface area contributed by atoms with Crippen LogP contribution in [0.25, 0.3) is 22.1 Å². The van der Waals surface area contributed by atoms with Crippen LogP contribution in [0.4, 0.5) is 11.4 Å². The lowest BCUT2D eigenvalue weighted by Gasteiger charge is -2.28. The van der Waals surface area contributed by atoms with E-state index in [9.17, 15) is 0 Å². The Morgan fingerprint density at radius 3 is 2.76 bits per heavy atom. The summed E-state index contributed by atoms with van der Waals surface area (Å²) in [4.78, 5) is 6.85. The third-order valence-corrected chi connectivity index (χ3v) is 5.65. The highest BCUT2D eigenvalue weighted by Gasteiger charge is 2.37. The number of para-hydroxylation sites is 1. The van der Waals surface area contributed by atoms with E-state index in [1.165, 1.54) is 22.4 Å². The summed E-state index contributed by atoms with van der Waals surface area (Å²) >= 11 is 0. The van der Waals surface area contributed by atoms with E-state index < -0.39 is 0 Å². The second-order valence-corrected chi connectivity index (χ2v) is 7.02. The third kappa shape index (κ3) is 1.91. The first kappa shape index (κ1) is 14.6. The maximum Gasteiger partial charge on any atom is 0.227 e. The molecule has 5 rings (SSSR count). The fourth-order valence-corrected chi connectivity index (χ4v) is 4.18. The lowest BCUT2D eigenvalue weighted by atomic mass is 9.44. The van der Waals surface area contributed by atoms with Gasteiger partial charge in [-0.15, -0.1) is 0 Å². The average Bonchev–Trinajstić information content (AvgIpc) is 3.12. The molecule has 0 amide bonds. The summed E-state index contributed by atoms with van der Waals surface area (Å²) < 4.78 is 6.22. The van der Waals surface area contributed by atoms with Crippen LogP contribution in [0.5, 0.6) is 0 Å². The number of pyridine rings is 1. The third-order valence-electron chi connectivity index (χ3n) is 5.65. The van der Waals surface area contributed by atoms with E-state index in [2.05, 4.69) is 73.0 Å². The van der Waals surface area contributed by atoms with Gasteiger partial charge in [-0.05, 0) is 30.7 Å². The molecule has 0 bridgehead atoms. The Hall–Kier alpha value is -2.75. The van der Waals surface area contributed by atoms with Crippen LogP contribution >= 0.6 is 0 Å². The number of rotatable bonds is 1. The highest BCUT2D eigenvalue weighted by molar-refractivity contribution is 6.77. The summed E-state index contributed by atoms with van der Waals surface area (Å²) in [6.07, 6.45) is 1.78. The summed E-state index contributed by atoms with van der Waals surface area (Å²) in [6, 6.07) is 17.1. The number of fused-ring (bicyclic) bond motifs is 4. The van der Waals surface area contributed by atoms with Crippen molar-refractivity contribution in [2.24, 2.45) is 0 Å². The standard InChI is InChI=1S/C21H19BN2O/c1-13-10-11-15-16-7-6-12-23-21(16)25-20(15)19(13)24-14(2)22(3)17-8-4-5-9-18(17)24/h4-12,14H,1-3H3/t14-/m0/s1. The van der Waals surface area contributed by atoms with Crippen LogP contribution in [0.2, 0.25) is 6.82 Å². The summed E-state index contributed by atoms with van der Waals surface area (Å²) in [5.41, 5.74) is 6.72. The molecule has 0 N–H and O–H groups in total. The highest BCUT2D eigenvalue weighted by atomic mass is 16.3. The molecule has 25 heavy (non-hydrogen) atoms. The predicted molar refractivity (Wildman–Crippen MR) is 106 cm³/mol. The molecule has 1 aliphatic rings. The molecular formula is C21H19BN2O. The fraction of sp³-hybridized carbons (Fsp3) is 0.190. The van der Waals surface area contributed by atoms with Crippen LogP contribution in [-0.4, -0.2) is 17.6 Å². The van der Waals surface area contributed by atoms with Gasteiger partial charge < -0.3 is 9.32 Å². The van der Waals surface area contributed by atoms with E-state index in [0.717, 1.165) is 16.4 Å². The fourth-order valence-electron chi connectivity index (χ4n) is 4.18. The van der Waals surface area contributed by atoms with Gasteiger partial charge in [0.1, 0.15) is 0 Å². The van der Waals surface area contributed by atoms with E-state index in [4.69, 9.17) is 4.42 Å². The molecule has 0 unspecified atom stereocenters. The largest absolute Gasteiger partial charge is 0.435 e. The summed E-state index contributed by atoms with van der Waals surface area (Å²) in [5.74, 6) is 0.378. The number of hydrogen-bond acceptors (Lipinski definition) is 3. The lowest BCUT2D eigenvalue weighted by Crippen LogP contribution is -2.37. The van der Waals surface area contributed by atoms with E-state index in [-0.39, 0.29) is 0 Å². The first-order chi connectivity index (χ1) is 12.2. The van der Waals surface area contributed by atoms with Gasteiger partial charge >= 0.3 is 0 Å². The van der Waals surface area contributed by atoms with Gasteiger partial charge in [-0.25, -0.2) is 4.98 Å². The molecule has 0 radical (unpaired) electrons. The van der Waals surface area contributed by atoms with Crippen molar-refractivity contribution >= 4 is 45.6 Å². The number of anilines is 2. The molecular weight excluding hydrogens is 307 g/mol. The Bertz CT molecular complexity index is 1120. The lowest BCUT2D eigenvalue weighted by molar-refractivity contribution is 0.652. The Morgan fingerprint density at radius 2 is 1.88 bits per heavy atom. The SMILES string of the molecule is CB1c2ccccc2N(c2c(C)ccc3c2oc2ncccc23)[C@H]1C. The quantitative estimate of drug-likeness (QED) is 0.475. The number of hydrogen-bond donors (Lipinski definition) is 0.